The number of phenolic OH excluding ortho intramolecular Hbond substituents is 1. The highest BCUT2D eigenvalue weighted by molar-refractivity contribution is 5.90. The molecule has 3 atom stereocenters. The van der Waals surface area contributed by atoms with Crippen LogP contribution in [0.1, 0.15) is 18.4 Å². The van der Waals surface area contributed by atoms with Crippen LogP contribution >= 0.6 is 0 Å². The number of piperazine rings is 1. The second-order valence-electron chi connectivity index (χ2n) is 7.57. The zero-order valence-electron chi connectivity index (χ0n) is 15.5. The number of carbonyl (C=O) groups excluding carboxylic acids is 2. The van der Waals surface area contributed by atoms with E-state index in [9.17, 15) is 14.7 Å². The maximum atomic E-state index is 13.3. The van der Waals surface area contributed by atoms with Gasteiger partial charge >= 0.3 is 0 Å². The average molecular weight is 374 g/mol. The molecule has 1 aromatic rings. The monoisotopic (exact) mass is 374 g/mol. The first kappa shape index (κ1) is 18.2. The van der Waals surface area contributed by atoms with Gasteiger partial charge in [0.15, 0.2) is 0 Å². The Labute approximate surface area is 158 Å². The van der Waals surface area contributed by atoms with Crippen LogP contribution in [-0.2, 0) is 20.7 Å². The SMILES string of the molecule is CN1CC(=O)N2[C@H](CN(CC3CCCO3)C(=O)[C@@H]2Cc2ccc(O)cc2)N1. The Bertz CT molecular complexity index is 704. The number of nitrogens with zero attached hydrogens (tertiary/aromatic N) is 3. The van der Waals surface area contributed by atoms with E-state index in [0.717, 1.165) is 25.0 Å². The Hall–Kier alpha value is -2.16. The Kier molecular flexibility index (Phi) is 5.03. The van der Waals surface area contributed by atoms with Crippen molar-refractivity contribution >= 4 is 11.8 Å². The largest absolute Gasteiger partial charge is 0.508 e. The zero-order valence-corrected chi connectivity index (χ0v) is 15.5. The molecule has 1 unspecified atom stereocenters. The van der Waals surface area contributed by atoms with Crippen LogP contribution in [0.3, 0.4) is 0 Å². The molecule has 0 aliphatic carbocycles. The van der Waals surface area contributed by atoms with Crippen LogP contribution in [0.15, 0.2) is 24.3 Å². The first-order valence-corrected chi connectivity index (χ1v) is 9.48. The smallest absolute Gasteiger partial charge is 0.245 e. The van der Waals surface area contributed by atoms with E-state index in [1.54, 1.807) is 34.2 Å². The van der Waals surface area contributed by atoms with Crippen LogP contribution < -0.4 is 5.43 Å². The van der Waals surface area contributed by atoms with Crippen LogP contribution in [0.5, 0.6) is 5.75 Å². The van der Waals surface area contributed by atoms with Crippen molar-refractivity contribution in [3.8, 4) is 5.75 Å². The van der Waals surface area contributed by atoms with Crippen molar-refractivity contribution in [1.82, 2.24) is 20.2 Å². The number of likely N-dealkylation sites (N-methyl/N-ethyl adjacent to an activating group) is 1. The fourth-order valence-corrected chi connectivity index (χ4v) is 4.21. The van der Waals surface area contributed by atoms with Gasteiger partial charge in [0, 0.05) is 26.6 Å². The molecule has 8 nitrogen and oxygen atoms in total. The van der Waals surface area contributed by atoms with Crippen molar-refractivity contribution in [2.75, 3.05) is 33.3 Å². The molecule has 3 saturated heterocycles. The molecule has 27 heavy (non-hydrogen) atoms. The van der Waals surface area contributed by atoms with Crippen molar-refractivity contribution in [3.63, 3.8) is 0 Å². The molecule has 1 aromatic carbocycles. The Morgan fingerprint density at radius 3 is 2.74 bits per heavy atom. The molecule has 3 heterocycles. The number of amides is 2. The maximum Gasteiger partial charge on any atom is 0.245 e. The number of hydrazine groups is 1. The van der Waals surface area contributed by atoms with Crippen LogP contribution in [0.25, 0.3) is 0 Å². The number of aromatic hydroxyl groups is 1. The summed E-state index contributed by atoms with van der Waals surface area (Å²) in [5.74, 6) is 0.105. The number of phenols is 1. The standard InChI is InChI=1S/C19H26N4O4/c1-21-12-18(25)23-16(9-13-4-6-14(24)7-5-13)19(26)22(11-17(23)20-21)10-15-3-2-8-27-15/h4-7,15-17,20,24H,2-3,8-12H2,1H3/t15?,16-,17+/m0/s1. The van der Waals surface area contributed by atoms with E-state index in [4.69, 9.17) is 4.74 Å². The molecule has 4 rings (SSSR count). The molecule has 3 fully saturated rings. The van der Waals surface area contributed by atoms with E-state index in [1.165, 1.54) is 0 Å². The molecule has 8 heteroatoms. The van der Waals surface area contributed by atoms with Crippen LogP contribution in [0, 0.1) is 0 Å². The second kappa shape index (κ2) is 7.46. The van der Waals surface area contributed by atoms with Gasteiger partial charge in [-0.1, -0.05) is 12.1 Å². The molecule has 146 valence electrons. The van der Waals surface area contributed by atoms with Gasteiger partial charge in [0.2, 0.25) is 11.8 Å². The molecule has 3 aliphatic heterocycles. The van der Waals surface area contributed by atoms with Gasteiger partial charge in [-0.2, -0.15) is 0 Å². The van der Waals surface area contributed by atoms with Crippen molar-refractivity contribution in [2.24, 2.45) is 0 Å². The summed E-state index contributed by atoms with van der Waals surface area (Å²) in [6.07, 6.45) is 2.25. The molecular weight excluding hydrogens is 348 g/mol. The number of fused-ring (bicyclic) bond motifs is 1. The Morgan fingerprint density at radius 2 is 2.04 bits per heavy atom. The van der Waals surface area contributed by atoms with E-state index in [1.807, 2.05) is 11.9 Å². The number of rotatable bonds is 4. The highest BCUT2D eigenvalue weighted by atomic mass is 16.5. The zero-order chi connectivity index (χ0) is 19.0. The maximum absolute atomic E-state index is 13.3. The van der Waals surface area contributed by atoms with E-state index >= 15 is 0 Å². The molecule has 2 N–H and O–H groups in total. The van der Waals surface area contributed by atoms with E-state index in [0.29, 0.717) is 19.5 Å². The minimum atomic E-state index is -0.552. The van der Waals surface area contributed by atoms with Gasteiger partial charge in [-0.25, -0.2) is 10.4 Å². The third-order valence-electron chi connectivity index (χ3n) is 5.50. The third kappa shape index (κ3) is 3.78. The second-order valence-corrected chi connectivity index (χ2v) is 7.57. The average Bonchev–Trinajstić information content (AvgIpc) is 3.13. The summed E-state index contributed by atoms with van der Waals surface area (Å²) in [5.41, 5.74) is 4.23. The van der Waals surface area contributed by atoms with Gasteiger partial charge in [-0.3, -0.25) is 9.59 Å². The van der Waals surface area contributed by atoms with Crippen molar-refractivity contribution in [3.05, 3.63) is 29.8 Å². The molecule has 3 aliphatic rings. The van der Waals surface area contributed by atoms with Crippen LogP contribution in [0.4, 0.5) is 0 Å². The number of carbonyl (C=O) groups is 2. The fourth-order valence-electron chi connectivity index (χ4n) is 4.21. The summed E-state index contributed by atoms with van der Waals surface area (Å²) < 4.78 is 5.72. The number of benzene rings is 1. The van der Waals surface area contributed by atoms with E-state index < -0.39 is 6.04 Å². The molecule has 0 saturated carbocycles. The quantitative estimate of drug-likeness (QED) is 0.768. The van der Waals surface area contributed by atoms with Gasteiger partial charge in [-0.05, 0) is 30.5 Å². The Morgan fingerprint density at radius 1 is 1.26 bits per heavy atom. The third-order valence-corrected chi connectivity index (χ3v) is 5.50. The lowest BCUT2D eigenvalue weighted by atomic mass is 9.98. The molecule has 0 radical (unpaired) electrons. The first-order valence-electron chi connectivity index (χ1n) is 9.48. The highest BCUT2D eigenvalue weighted by Gasteiger charge is 2.46. The molecule has 0 aromatic heterocycles. The summed E-state index contributed by atoms with van der Waals surface area (Å²) in [6.45, 7) is 2.01. The van der Waals surface area contributed by atoms with Gasteiger partial charge in [0.05, 0.1) is 19.2 Å². The van der Waals surface area contributed by atoms with Gasteiger partial charge in [0.1, 0.15) is 18.0 Å². The predicted molar refractivity (Wildman–Crippen MR) is 97.6 cm³/mol. The number of hydrogen-bond donors (Lipinski definition) is 2. The number of hydrogen-bond acceptors (Lipinski definition) is 6. The van der Waals surface area contributed by atoms with E-state index in [2.05, 4.69) is 5.43 Å². The summed E-state index contributed by atoms with van der Waals surface area (Å²) >= 11 is 0. The highest BCUT2D eigenvalue weighted by Crippen LogP contribution is 2.25. The summed E-state index contributed by atoms with van der Waals surface area (Å²) in [4.78, 5) is 29.5. The van der Waals surface area contributed by atoms with Gasteiger partial charge < -0.3 is 19.6 Å². The van der Waals surface area contributed by atoms with Gasteiger partial charge in [0.25, 0.3) is 0 Å². The fraction of sp³-hybridized carbons (Fsp3) is 0.579. The van der Waals surface area contributed by atoms with Gasteiger partial charge in [-0.15, -0.1) is 0 Å². The van der Waals surface area contributed by atoms with Crippen LogP contribution in [0.2, 0.25) is 0 Å². The Balaban J connectivity index is 1.58. The lowest BCUT2D eigenvalue weighted by molar-refractivity contribution is -0.168. The summed E-state index contributed by atoms with van der Waals surface area (Å²) in [5, 5.41) is 11.3. The molecule has 2 amide bonds. The van der Waals surface area contributed by atoms with Crippen molar-refractivity contribution < 1.29 is 19.4 Å². The molecule has 0 bridgehead atoms. The van der Waals surface area contributed by atoms with E-state index in [-0.39, 0.29) is 36.4 Å². The van der Waals surface area contributed by atoms with Crippen molar-refractivity contribution in [2.45, 2.75) is 37.6 Å². The predicted octanol–water partition coefficient (Wildman–Crippen LogP) is -0.0708. The minimum Gasteiger partial charge on any atom is -0.508 e. The normalized spacial score (nSPS) is 29.3. The number of nitrogens with one attached hydrogen (secondary N) is 1. The van der Waals surface area contributed by atoms with Crippen LogP contribution in [-0.4, -0.2) is 83.3 Å². The molecule has 0 spiro atoms. The number of ether oxygens (including phenoxy) is 1. The lowest BCUT2D eigenvalue weighted by Gasteiger charge is -2.50. The lowest BCUT2D eigenvalue weighted by Crippen LogP contribution is -2.74. The summed E-state index contributed by atoms with van der Waals surface area (Å²) in [7, 11) is 1.84. The topological polar surface area (TPSA) is 85.4 Å². The van der Waals surface area contributed by atoms with Crippen molar-refractivity contribution in [1.29, 1.82) is 0 Å². The molecular formula is C19H26N4O4. The first-order chi connectivity index (χ1) is 13.0. The minimum absolute atomic E-state index is 0.0328. The summed E-state index contributed by atoms with van der Waals surface area (Å²) in [6, 6.07) is 6.25.